The highest BCUT2D eigenvalue weighted by atomic mass is 16.6. The summed E-state index contributed by atoms with van der Waals surface area (Å²) in [5.41, 5.74) is 3.13. The van der Waals surface area contributed by atoms with Crippen LogP contribution < -0.4 is 11.3 Å². The van der Waals surface area contributed by atoms with Crippen LogP contribution in [0.1, 0.15) is 11.3 Å². The standard InChI is InChI=1S/C12H13N3O4/c13-14-12-9(3-1-5-11(12)15(16)17)7-18-8-10-4-2-6-19-10/h1-6,14H,7-8,13H2. The van der Waals surface area contributed by atoms with Crippen LogP contribution in [0.25, 0.3) is 0 Å². The fourth-order valence-corrected chi connectivity index (χ4v) is 1.68. The molecule has 0 radical (unpaired) electrons. The first-order chi connectivity index (χ1) is 9.22. The SMILES string of the molecule is NNc1c(COCc2ccco2)cccc1[N+](=O)[O-]. The molecule has 2 rings (SSSR count). The Kier molecular flexibility index (Phi) is 4.11. The molecule has 19 heavy (non-hydrogen) atoms. The Bertz CT molecular complexity index is 554. The lowest BCUT2D eigenvalue weighted by atomic mass is 10.1. The maximum Gasteiger partial charge on any atom is 0.294 e. The Hall–Kier alpha value is -2.38. The maximum absolute atomic E-state index is 10.8. The Balaban J connectivity index is 2.07. The van der Waals surface area contributed by atoms with Crippen LogP contribution in [-0.2, 0) is 18.0 Å². The molecule has 0 saturated heterocycles. The number of benzene rings is 1. The number of nitro benzene ring substituents is 1. The summed E-state index contributed by atoms with van der Waals surface area (Å²) >= 11 is 0. The molecule has 1 aromatic carbocycles. The Morgan fingerprint density at radius 2 is 2.16 bits per heavy atom. The van der Waals surface area contributed by atoms with E-state index < -0.39 is 4.92 Å². The summed E-state index contributed by atoms with van der Waals surface area (Å²) in [6.45, 7) is 0.488. The first-order valence-corrected chi connectivity index (χ1v) is 5.55. The minimum atomic E-state index is -0.495. The highest BCUT2D eigenvalue weighted by molar-refractivity contribution is 5.65. The van der Waals surface area contributed by atoms with Gasteiger partial charge in [-0.05, 0) is 12.1 Å². The molecule has 1 aromatic heterocycles. The molecule has 0 aliphatic rings. The van der Waals surface area contributed by atoms with E-state index in [2.05, 4.69) is 5.43 Å². The van der Waals surface area contributed by atoms with Gasteiger partial charge in [0.25, 0.3) is 5.69 Å². The Labute approximate surface area is 109 Å². The van der Waals surface area contributed by atoms with Gasteiger partial charge in [-0.15, -0.1) is 0 Å². The molecular formula is C12H13N3O4. The highest BCUT2D eigenvalue weighted by Gasteiger charge is 2.16. The molecule has 0 unspecified atom stereocenters. The minimum Gasteiger partial charge on any atom is -0.467 e. The minimum absolute atomic E-state index is 0.0819. The van der Waals surface area contributed by atoms with E-state index in [1.54, 1.807) is 30.5 Å². The summed E-state index contributed by atoms with van der Waals surface area (Å²) in [6, 6.07) is 8.23. The number of hydrogen-bond acceptors (Lipinski definition) is 6. The van der Waals surface area contributed by atoms with Crippen LogP contribution in [-0.4, -0.2) is 4.92 Å². The number of hydrazine groups is 1. The number of nitro groups is 1. The van der Waals surface area contributed by atoms with Crippen molar-refractivity contribution in [3.05, 3.63) is 58.0 Å². The third-order valence-electron chi connectivity index (χ3n) is 2.55. The van der Waals surface area contributed by atoms with Crippen LogP contribution in [0.4, 0.5) is 11.4 Å². The van der Waals surface area contributed by atoms with Gasteiger partial charge in [-0.3, -0.25) is 16.0 Å². The molecule has 1 heterocycles. The molecule has 0 aliphatic heterocycles. The molecule has 0 bridgehead atoms. The van der Waals surface area contributed by atoms with Crippen molar-refractivity contribution in [2.75, 3.05) is 5.43 Å². The lowest BCUT2D eigenvalue weighted by Gasteiger charge is -2.09. The molecule has 7 heteroatoms. The third kappa shape index (κ3) is 3.09. The van der Waals surface area contributed by atoms with Crippen molar-refractivity contribution < 1.29 is 14.1 Å². The van der Waals surface area contributed by atoms with E-state index in [1.165, 1.54) is 6.07 Å². The van der Waals surface area contributed by atoms with Crippen molar-refractivity contribution in [1.82, 2.24) is 0 Å². The zero-order chi connectivity index (χ0) is 13.7. The number of para-hydroxylation sites is 1. The molecular weight excluding hydrogens is 250 g/mol. The monoisotopic (exact) mass is 263 g/mol. The van der Waals surface area contributed by atoms with Gasteiger partial charge in [-0.25, -0.2) is 0 Å². The Morgan fingerprint density at radius 3 is 2.79 bits per heavy atom. The second-order valence-electron chi connectivity index (χ2n) is 3.78. The first-order valence-electron chi connectivity index (χ1n) is 5.55. The number of nitrogens with two attached hydrogens (primary N) is 1. The maximum atomic E-state index is 10.8. The van der Waals surface area contributed by atoms with Crippen molar-refractivity contribution in [3.63, 3.8) is 0 Å². The van der Waals surface area contributed by atoms with E-state index >= 15 is 0 Å². The lowest BCUT2D eigenvalue weighted by Crippen LogP contribution is -2.12. The molecule has 0 atom stereocenters. The van der Waals surface area contributed by atoms with E-state index in [1.807, 2.05) is 0 Å². The van der Waals surface area contributed by atoms with Gasteiger partial charge in [0, 0.05) is 11.6 Å². The van der Waals surface area contributed by atoms with Gasteiger partial charge in [0.05, 0.1) is 17.8 Å². The van der Waals surface area contributed by atoms with Gasteiger partial charge < -0.3 is 14.6 Å². The van der Waals surface area contributed by atoms with E-state index in [0.29, 0.717) is 17.9 Å². The summed E-state index contributed by atoms with van der Waals surface area (Å²) in [6.07, 6.45) is 1.55. The van der Waals surface area contributed by atoms with Crippen molar-refractivity contribution in [2.45, 2.75) is 13.2 Å². The topological polar surface area (TPSA) is 104 Å². The molecule has 3 N–H and O–H groups in total. The van der Waals surface area contributed by atoms with E-state index in [0.717, 1.165) is 0 Å². The number of furan rings is 1. The molecule has 7 nitrogen and oxygen atoms in total. The highest BCUT2D eigenvalue weighted by Crippen LogP contribution is 2.27. The van der Waals surface area contributed by atoms with E-state index in [-0.39, 0.29) is 18.0 Å². The van der Waals surface area contributed by atoms with Crippen LogP contribution in [0.2, 0.25) is 0 Å². The number of nitrogen functional groups attached to an aromatic ring is 1. The van der Waals surface area contributed by atoms with Crippen molar-refractivity contribution >= 4 is 11.4 Å². The number of rotatable bonds is 6. The van der Waals surface area contributed by atoms with Crippen LogP contribution in [0.3, 0.4) is 0 Å². The number of ether oxygens (including phenoxy) is 1. The average Bonchev–Trinajstić information content (AvgIpc) is 2.91. The fraction of sp³-hybridized carbons (Fsp3) is 0.167. The number of nitrogens with zero attached hydrogens (tertiary/aromatic N) is 1. The van der Waals surface area contributed by atoms with Crippen LogP contribution in [0.5, 0.6) is 0 Å². The third-order valence-corrected chi connectivity index (χ3v) is 2.55. The second-order valence-corrected chi connectivity index (χ2v) is 3.78. The summed E-state index contributed by atoms with van der Waals surface area (Å²) in [4.78, 5) is 10.4. The van der Waals surface area contributed by atoms with Crippen molar-refractivity contribution in [3.8, 4) is 0 Å². The molecule has 0 saturated carbocycles. The van der Waals surface area contributed by atoms with Crippen LogP contribution >= 0.6 is 0 Å². The summed E-state index contributed by atoms with van der Waals surface area (Å²) in [5.74, 6) is 6.01. The predicted molar refractivity (Wildman–Crippen MR) is 68.1 cm³/mol. The molecule has 0 amide bonds. The van der Waals surface area contributed by atoms with Crippen molar-refractivity contribution in [1.29, 1.82) is 0 Å². The molecule has 100 valence electrons. The number of anilines is 1. The smallest absolute Gasteiger partial charge is 0.294 e. The average molecular weight is 263 g/mol. The van der Waals surface area contributed by atoms with Gasteiger partial charge in [0.1, 0.15) is 18.1 Å². The van der Waals surface area contributed by atoms with Crippen molar-refractivity contribution in [2.24, 2.45) is 5.84 Å². The first kappa shape index (κ1) is 13.1. The van der Waals surface area contributed by atoms with Crippen LogP contribution in [0.15, 0.2) is 41.0 Å². The van der Waals surface area contributed by atoms with Crippen LogP contribution in [0, 0.1) is 10.1 Å². The fourth-order valence-electron chi connectivity index (χ4n) is 1.68. The lowest BCUT2D eigenvalue weighted by molar-refractivity contribution is -0.384. The molecule has 0 fully saturated rings. The normalized spacial score (nSPS) is 10.4. The number of hydrogen-bond donors (Lipinski definition) is 2. The quantitative estimate of drug-likeness (QED) is 0.470. The summed E-state index contributed by atoms with van der Waals surface area (Å²) < 4.78 is 10.5. The largest absolute Gasteiger partial charge is 0.467 e. The Morgan fingerprint density at radius 1 is 1.32 bits per heavy atom. The zero-order valence-corrected chi connectivity index (χ0v) is 10.0. The van der Waals surface area contributed by atoms with Gasteiger partial charge in [0.2, 0.25) is 0 Å². The van der Waals surface area contributed by atoms with E-state index in [4.69, 9.17) is 15.0 Å². The molecule has 2 aromatic rings. The summed E-state index contributed by atoms with van der Waals surface area (Å²) in [5, 5.41) is 10.8. The van der Waals surface area contributed by atoms with E-state index in [9.17, 15) is 10.1 Å². The zero-order valence-electron chi connectivity index (χ0n) is 10.0. The van der Waals surface area contributed by atoms with Gasteiger partial charge in [0.15, 0.2) is 0 Å². The molecule has 0 spiro atoms. The molecule has 0 aliphatic carbocycles. The van der Waals surface area contributed by atoms with Gasteiger partial charge >= 0.3 is 0 Å². The predicted octanol–water partition coefficient (Wildman–Crippen LogP) is 2.19. The van der Waals surface area contributed by atoms with Gasteiger partial charge in [-0.1, -0.05) is 12.1 Å². The summed E-state index contributed by atoms with van der Waals surface area (Å²) in [7, 11) is 0. The number of nitrogens with one attached hydrogen (secondary N) is 1. The van der Waals surface area contributed by atoms with Gasteiger partial charge in [-0.2, -0.15) is 0 Å². The second kappa shape index (κ2) is 5.98.